The van der Waals surface area contributed by atoms with Crippen molar-refractivity contribution in [3.63, 3.8) is 0 Å². The summed E-state index contributed by atoms with van der Waals surface area (Å²) >= 11 is 5.50. The van der Waals surface area contributed by atoms with Gasteiger partial charge in [0, 0.05) is 25.1 Å². The van der Waals surface area contributed by atoms with Crippen LogP contribution in [-0.2, 0) is 15.8 Å². The molecule has 0 aliphatic heterocycles. The summed E-state index contributed by atoms with van der Waals surface area (Å²) in [6.07, 6.45) is -2.48. The maximum absolute atomic E-state index is 12.7. The quantitative estimate of drug-likeness (QED) is 0.825. The molecule has 8 heteroatoms. The number of nitrogens with one attached hydrogen (secondary N) is 2. The van der Waals surface area contributed by atoms with Crippen molar-refractivity contribution < 1.29 is 22.8 Å². The summed E-state index contributed by atoms with van der Waals surface area (Å²) in [4.78, 5) is 23.2. The molecule has 0 unspecified atom stereocenters. The minimum atomic E-state index is -4.60. The van der Waals surface area contributed by atoms with Gasteiger partial charge in [0.05, 0.1) is 10.6 Å². The van der Waals surface area contributed by atoms with Crippen LogP contribution in [0.25, 0.3) is 0 Å². The molecule has 0 heterocycles. The second kappa shape index (κ2) is 7.21. The van der Waals surface area contributed by atoms with Crippen LogP contribution in [0.3, 0.4) is 0 Å². The average Bonchev–Trinajstić information content (AvgIpc) is 3.28. The summed E-state index contributed by atoms with van der Waals surface area (Å²) in [5, 5.41) is 4.62. The van der Waals surface area contributed by atoms with Crippen LogP contribution in [0.4, 0.5) is 18.9 Å². The Labute approximate surface area is 136 Å². The lowest BCUT2D eigenvalue weighted by Crippen LogP contribution is -2.26. The molecule has 2 rings (SSSR count). The van der Waals surface area contributed by atoms with Gasteiger partial charge >= 0.3 is 6.18 Å². The number of hydrogen-bond acceptors (Lipinski definition) is 2. The Kier molecular flexibility index (Phi) is 5.51. The second-order valence-corrected chi connectivity index (χ2v) is 5.90. The van der Waals surface area contributed by atoms with Crippen LogP contribution < -0.4 is 10.6 Å². The zero-order valence-corrected chi connectivity index (χ0v) is 12.9. The van der Waals surface area contributed by atoms with Crippen LogP contribution in [0, 0.1) is 5.92 Å². The Bertz CT molecular complexity index is 601. The summed E-state index contributed by atoms with van der Waals surface area (Å²) in [5.74, 6) is -0.219. The lowest BCUT2D eigenvalue weighted by molar-refractivity contribution is -0.137. The zero-order chi connectivity index (χ0) is 17.0. The SMILES string of the molecule is O=C(CCC(=O)Nc1ccc(Cl)c(C(F)(F)F)c1)NCC1CC1. The van der Waals surface area contributed by atoms with Crippen molar-refractivity contribution >= 4 is 29.1 Å². The van der Waals surface area contributed by atoms with E-state index in [0.717, 1.165) is 25.0 Å². The third kappa shape index (κ3) is 5.74. The van der Waals surface area contributed by atoms with Crippen molar-refractivity contribution in [3.05, 3.63) is 28.8 Å². The number of benzene rings is 1. The Morgan fingerprint density at radius 3 is 2.43 bits per heavy atom. The molecule has 0 radical (unpaired) electrons. The molecule has 2 N–H and O–H groups in total. The van der Waals surface area contributed by atoms with Gasteiger partial charge in [-0.2, -0.15) is 13.2 Å². The van der Waals surface area contributed by atoms with Gasteiger partial charge in [0.1, 0.15) is 0 Å². The first-order valence-corrected chi connectivity index (χ1v) is 7.57. The molecule has 0 atom stereocenters. The van der Waals surface area contributed by atoms with E-state index in [1.807, 2.05) is 0 Å². The van der Waals surface area contributed by atoms with Crippen molar-refractivity contribution in [3.8, 4) is 0 Å². The molecule has 23 heavy (non-hydrogen) atoms. The lowest BCUT2D eigenvalue weighted by Gasteiger charge is -2.11. The van der Waals surface area contributed by atoms with Crippen molar-refractivity contribution in [2.75, 3.05) is 11.9 Å². The first kappa shape index (κ1) is 17.6. The van der Waals surface area contributed by atoms with Gasteiger partial charge in [0.15, 0.2) is 0 Å². The van der Waals surface area contributed by atoms with Gasteiger partial charge in [-0.3, -0.25) is 9.59 Å². The van der Waals surface area contributed by atoms with Crippen molar-refractivity contribution in [1.29, 1.82) is 0 Å². The van der Waals surface area contributed by atoms with E-state index >= 15 is 0 Å². The van der Waals surface area contributed by atoms with E-state index in [9.17, 15) is 22.8 Å². The van der Waals surface area contributed by atoms with Crippen LogP contribution in [0.5, 0.6) is 0 Å². The highest BCUT2D eigenvalue weighted by molar-refractivity contribution is 6.31. The number of alkyl halides is 3. The number of halogens is 4. The molecule has 1 aliphatic carbocycles. The zero-order valence-electron chi connectivity index (χ0n) is 12.2. The van der Waals surface area contributed by atoms with Crippen molar-refractivity contribution in [2.24, 2.45) is 5.92 Å². The molecule has 0 aromatic heterocycles. The molecule has 1 aliphatic rings. The minimum absolute atomic E-state index is 0.00172. The normalized spacial score (nSPS) is 14.4. The number of carbonyl (C=O) groups is 2. The highest BCUT2D eigenvalue weighted by atomic mass is 35.5. The van der Waals surface area contributed by atoms with Gasteiger partial charge in [-0.25, -0.2) is 0 Å². The van der Waals surface area contributed by atoms with Crippen LogP contribution >= 0.6 is 11.6 Å². The molecule has 1 aromatic rings. The molecule has 2 amide bonds. The predicted octanol–water partition coefficient (Wildman–Crippen LogP) is 3.60. The third-order valence-corrected chi connectivity index (χ3v) is 3.75. The van der Waals surface area contributed by atoms with Gasteiger partial charge < -0.3 is 10.6 Å². The molecule has 4 nitrogen and oxygen atoms in total. The van der Waals surface area contributed by atoms with E-state index in [0.29, 0.717) is 12.5 Å². The largest absolute Gasteiger partial charge is 0.417 e. The van der Waals surface area contributed by atoms with E-state index in [1.54, 1.807) is 0 Å². The highest BCUT2D eigenvalue weighted by Crippen LogP contribution is 2.36. The third-order valence-electron chi connectivity index (χ3n) is 3.42. The van der Waals surface area contributed by atoms with Gasteiger partial charge in [0.2, 0.25) is 11.8 Å². The molecule has 1 aromatic carbocycles. The van der Waals surface area contributed by atoms with Gasteiger partial charge in [-0.1, -0.05) is 11.6 Å². The first-order valence-electron chi connectivity index (χ1n) is 7.19. The Balaban J connectivity index is 1.83. The molecule has 1 saturated carbocycles. The predicted molar refractivity (Wildman–Crippen MR) is 80.1 cm³/mol. The molecule has 126 valence electrons. The fraction of sp³-hybridized carbons (Fsp3) is 0.467. The van der Waals surface area contributed by atoms with Gasteiger partial charge in [-0.05, 0) is 37.0 Å². The van der Waals surface area contributed by atoms with Crippen LogP contribution in [0.2, 0.25) is 5.02 Å². The maximum Gasteiger partial charge on any atom is 0.417 e. The molecule has 0 bridgehead atoms. The van der Waals surface area contributed by atoms with Gasteiger partial charge in [-0.15, -0.1) is 0 Å². The molecular formula is C15H16ClF3N2O2. The lowest BCUT2D eigenvalue weighted by atomic mass is 10.2. The molecule has 1 fully saturated rings. The smallest absolute Gasteiger partial charge is 0.356 e. The summed E-state index contributed by atoms with van der Waals surface area (Å²) < 4.78 is 38.2. The summed E-state index contributed by atoms with van der Waals surface area (Å²) in [5.41, 5.74) is -1.02. The summed E-state index contributed by atoms with van der Waals surface area (Å²) in [7, 11) is 0. The summed E-state index contributed by atoms with van der Waals surface area (Å²) in [6.45, 7) is 0.618. The Morgan fingerprint density at radius 1 is 1.17 bits per heavy atom. The number of carbonyl (C=O) groups excluding carboxylic acids is 2. The second-order valence-electron chi connectivity index (χ2n) is 5.49. The fourth-order valence-electron chi connectivity index (χ4n) is 1.94. The number of rotatable bonds is 6. The van der Waals surface area contributed by atoms with E-state index in [2.05, 4.69) is 10.6 Å². The number of anilines is 1. The molecule has 0 saturated heterocycles. The van der Waals surface area contributed by atoms with E-state index < -0.39 is 22.7 Å². The van der Waals surface area contributed by atoms with Crippen molar-refractivity contribution in [1.82, 2.24) is 5.32 Å². The van der Waals surface area contributed by atoms with Crippen molar-refractivity contribution in [2.45, 2.75) is 31.9 Å². The van der Waals surface area contributed by atoms with Crippen LogP contribution in [0.15, 0.2) is 18.2 Å². The highest BCUT2D eigenvalue weighted by Gasteiger charge is 2.33. The van der Waals surface area contributed by atoms with E-state index in [4.69, 9.17) is 11.6 Å². The van der Waals surface area contributed by atoms with E-state index in [1.165, 1.54) is 6.07 Å². The fourth-order valence-corrected chi connectivity index (χ4v) is 2.16. The Morgan fingerprint density at radius 2 is 1.83 bits per heavy atom. The van der Waals surface area contributed by atoms with Gasteiger partial charge in [0.25, 0.3) is 0 Å². The first-order chi connectivity index (χ1) is 10.8. The molecular weight excluding hydrogens is 333 g/mol. The Hall–Kier alpha value is -1.76. The van der Waals surface area contributed by atoms with Crippen LogP contribution in [-0.4, -0.2) is 18.4 Å². The number of hydrogen-bond donors (Lipinski definition) is 2. The monoisotopic (exact) mass is 348 g/mol. The minimum Gasteiger partial charge on any atom is -0.356 e. The maximum atomic E-state index is 12.7. The molecule has 0 spiro atoms. The summed E-state index contributed by atoms with van der Waals surface area (Å²) in [6, 6.07) is 3.12. The standard InChI is InChI=1S/C15H16ClF3N2O2/c16-12-4-3-10(7-11(12)15(17,18)19)21-14(23)6-5-13(22)20-8-9-1-2-9/h3-4,7,9H,1-2,5-6,8H2,(H,20,22)(H,21,23). The average molecular weight is 349 g/mol. The number of amides is 2. The topological polar surface area (TPSA) is 58.2 Å². The van der Waals surface area contributed by atoms with Crippen LogP contribution in [0.1, 0.15) is 31.2 Å². The van der Waals surface area contributed by atoms with E-state index in [-0.39, 0.29) is 24.4 Å².